The van der Waals surface area contributed by atoms with Gasteiger partial charge in [0.1, 0.15) is 0 Å². The van der Waals surface area contributed by atoms with Crippen LogP contribution in [0.1, 0.15) is 46.0 Å². The summed E-state index contributed by atoms with van der Waals surface area (Å²) in [5.41, 5.74) is 4.89. The molecule has 3 heteroatoms. The standard InChI is InChI=1S/C11H22N2O/c1-11(2,10(12)14)8-13-9-6-4-3-5-7-9/h9,13H,3-8H2,1-2H3,(H2,12,14). The third-order valence-electron chi connectivity index (χ3n) is 3.10. The van der Waals surface area contributed by atoms with Gasteiger partial charge in [-0.15, -0.1) is 0 Å². The lowest BCUT2D eigenvalue weighted by Gasteiger charge is -2.28. The van der Waals surface area contributed by atoms with E-state index in [0.29, 0.717) is 12.6 Å². The summed E-state index contributed by atoms with van der Waals surface area (Å²) in [7, 11) is 0. The van der Waals surface area contributed by atoms with Crippen molar-refractivity contribution in [2.24, 2.45) is 11.1 Å². The number of carbonyl (C=O) groups is 1. The molecule has 0 aromatic heterocycles. The van der Waals surface area contributed by atoms with Crippen LogP contribution in [0.25, 0.3) is 0 Å². The minimum Gasteiger partial charge on any atom is -0.369 e. The molecule has 14 heavy (non-hydrogen) atoms. The molecule has 1 rings (SSSR count). The summed E-state index contributed by atoms with van der Waals surface area (Å²) < 4.78 is 0. The van der Waals surface area contributed by atoms with Crippen molar-refractivity contribution in [2.45, 2.75) is 52.0 Å². The van der Waals surface area contributed by atoms with Crippen molar-refractivity contribution in [3.63, 3.8) is 0 Å². The van der Waals surface area contributed by atoms with Gasteiger partial charge in [-0.1, -0.05) is 19.3 Å². The highest BCUT2D eigenvalue weighted by molar-refractivity contribution is 5.80. The van der Waals surface area contributed by atoms with E-state index in [4.69, 9.17) is 5.73 Å². The Morgan fingerprint density at radius 2 is 1.93 bits per heavy atom. The molecule has 0 unspecified atom stereocenters. The lowest BCUT2D eigenvalue weighted by atomic mass is 9.90. The first-order valence-corrected chi connectivity index (χ1v) is 5.56. The molecular formula is C11H22N2O. The molecule has 0 aromatic carbocycles. The average Bonchev–Trinajstić information content (AvgIpc) is 2.16. The zero-order valence-electron chi connectivity index (χ0n) is 9.31. The Kier molecular flexibility index (Phi) is 3.93. The fraction of sp³-hybridized carbons (Fsp3) is 0.909. The molecule has 0 heterocycles. The number of nitrogens with two attached hydrogens (primary N) is 1. The van der Waals surface area contributed by atoms with Crippen LogP contribution in [0.3, 0.4) is 0 Å². The van der Waals surface area contributed by atoms with Gasteiger partial charge in [0.25, 0.3) is 0 Å². The fourth-order valence-electron chi connectivity index (χ4n) is 1.79. The number of hydrogen-bond acceptors (Lipinski definition) is 2. The van der Waals surface area contributed by atoms with Gasteiger partial charge in [0, 0.05) is 12.6 Å². The third kappa shape index (κ3) is 3.29. The molecule has 3 N–H and O–H groups in total. The number of primary amides is 1. The van der Waals surface area contributed by atoms with Crippen molar-refractivity contribution < 1.29 is 4.79 Å². The normalized spacial score (nSPS) is 19.6. The second kappa shape index (κ2) is 4.78. The van der Waals surface area contributed by atoms with Gasteiger partial charge in [0.05, 0.1) is 5.41 Å². The molecule has 0 aliphatic heterocycles. The van der Waals surface area contributed by atoms with Crippen molar-refractivity contribution in [1.82, 2.24) is 5.32 Å². The molecule has 1 aliphatic rings. The van der Waals surface area contributed by atoms with Gasteiger partial charge in [0.15, 0.2) is 0 Å². The Labute approximate surface area is 86.4 Å². The van der Waals surface area contributed by atoms with Crippen LogP contribution in [0.2, 0.25) is 0 Å². The molecule has 3 nitrogen and oxygen atoms in total. The zero-order chi connectivity index (χ0) is 10.6. The molecule has 0 saturated heterocycles. The van der Waals surface area contributed by atoms with E-state index in [-0.39, 0.29) is 5.91 Å². The Morgan fingerprint density at radius 3 is 2.43 bits per heavy atom. The minimum absolute atomic E-state index is 0.221. The molecular weight excluding hydrogens is 176 g/mol. The topological polar surface area (TPSA) is 55.1 Å². The van der Waals surface area contributed by atoms with E-state index in [2.05, 4.69) is 5.32 Å². The molecule has 0 aromatic rings. The number of rotatable bonds is 4. The second-order valence-electron chi connectivity index (χ2n) is 4.96. The first kappa shape index (κ1) is 11.5. The quantitative estimate of drug-likeness (QED) is 0.718. The maximum Gasteiger partial charge on any atom is 0.224 e. The van der Waals surface area contributed by atoms with Gasteiger partial charge in [0.2, 0.25) is 5.91 Å². The molecule has 82 valence electrons. The molecule has 1 aliphatic carbocycles. The van der Waals surface area contributed by atoms with Crippen LogP contribution in [0, 0.1) is 5.41 Å². The maximum absolute atomic E-state index is 11.1. The number of amides is 1. The van der Waals surface area contributed by atoms with E-state index in [9.17, 15) is 4.79 Å². The Hall–Kier alpha value is -0.570. The first-order valence-electron chi connectivity index (χ1n) is 5.56. The highest BCUT2D eigenvalue weighted by Crippen LogP contribution is 2.19. The van der Waals surface area contributed by atoms with E-state index in [0.717, 1.165) is 0 Å². The van der Waals surface area contributed by atoms with Gasteiger partial charge in [-0.3, -0.25) is 4.79 Å². The summed E-state index contributed by atoms with van der Waals surface area (Å²) in [6.45, 7) is 4.49. The van der Waals surface area contributed by atoms with E-state index < -0.39 is 5.41 Å². The Bertz CT molecular complexity index is 195. The molecule has 0 bridgehead atoms. The van der Waals surface area contributed by atoms with E-state index in [1.165, 1.54) is 32.1 Å². The predicted molar refractivity (Wildman–Crippen MR) is 57.9 cm³/mol. The lowest BCUT2D eigenvalue weighted by molar-refractivity contribution is -0.125. The van der Waals surface area contributed by atoms with E-state index in [1.54, 1.807) is 0 Å². The second-order valence-corrected chi connectivity index (χ2v) is 4.96. The molecule has 0 radical (unpaired) electrons. The van der Waals surface area contributed by atoms with Crippen molar-refractivity contribution in [1.29, 1.82) is 0 Å². The molecule has 1 saturated carbocycles. The maximum atomic E-state index is 11.1. The molecule has 0 atom stereocenters. The third-order valence-corrected chi connectivity index (χ3v) is 3.10. The van der Waals surface area contributed by atoms with Crippen LogP contribution >= 0.6 is 0 Å². The number of hydrogen-bond donors (Lipinski definition) is 2. The highest BCUT2D eigenvalue weighted by atomic mass is 16.1. The van der Waals surface area contributed by atoms with Crippen LogP contribution in [0.4, 0.5) is 0 Å². The molecule has 1 fully saturated rings. The molecule has 1 amide bonds. The van der Waals surface area contributed by atoms with Crippen LogP contribution in [-0.4, -0.2) is 18.5 Å². The smallest absolute Gasteiger partial charge is 0.224 e. The summed E-state index contributed by atoms with van der Waals surface area (Å²) in [4.78, 5) is 11.1. The van der Waals surface area contributed by atoms with E-state index >= 15 is 0 Å². The van der Waals surface area contributed by atoms with Crippen LogP contribution in [-0.2, 0) is 4.79 Å². The largest absolute Gasteiger partial charge is 0.369 e. The Morgan fingerprint density at radius 1 is 1.36 bits per heavy atom. The number of nitrogens with one attached hydrogen (secondary N) is 1. The summed E-state index contributed by atoms with van der Waals surface area (Å²) >= 11 is 0. The zero-order valence-corrected chi connectivity index (χ0v) is 9.31. The first-order chi connectivity index (χ1) is 6.52. The average molecular weight is 198 g/mol. The summed E-state index contributed by atoms with van der Waals surface area (Å²) in [5, 5.41) is 3.44. The van der Waals surface area contributed by atoms with Crippen molar-refractivity contribution in [3.05, 3.63) is 0 Å². The van der Waals surface area contributed by atoms with Crippen molar-refractivity contribution >= 4 is 5.91 Å². The number of carbonyl (C=O) groups excluding carboxylic acids is 1. The van der Waals surface area contributed by atoms with Crippen LogP contribution < -0.4 is 11.1 Å². The minimum atomic E-state index is -0.419. The van der Waals surface area contributed by atoms with Crippen molar-refractivity contribution in [3.8, 4) is 0 Å². The van der Waals surface area contributed by atoms with Crippen LogP contribution in [0.5, 0.6) is 0 Å². The monoisotopic (exact) mass is 198 g/mol. The van der Waals surface area contributed by atoms with Gasteiger partial charge >= 0.3 is 0 Å². The van der Waals surface area contributed by atoms with E-state index in [1.807, 2.05) is 13.8 Å². The fourth-order valence-corrected chi connectivity index (χ4v) is 1.79. The summed E-state index contributed by atoms with van der Waals surface area (Å²) in [6, 6.07) is 0.599. The highest BCUT2D eigenvalue weighted by Gasteiger charge is 2.26. The van der Waals surface area contributed by atoms with Crippen molar-refractivity contribution in [2.75, 3.05) is 6.54 Å². The summed E-state index contributed by atoms with van der Waals surface area (Å²) in [5.74, 6) is -0.221. The van der Waals surface area contributed by atoms with Gasteiger partial charge in [-0.05, 0) is 26.7 Å². The summed E-state index contributed by atoms with van der Waals surface area (Å²) in [6.07, 6.45) is 6.48. The van der Waals surface area contributed by atoms with Gasteiger partial charge < -0.3 is 11.1 Å². The van der Waals surface area contributed by atoms with Crippen LogP contribution in [0.15, 0.2) is 0 Å². The van der Waals surface area contributed by atoms with Gasteiger partial charge in [-0.2, -0.15) is 0 Å². The Balaban J connectivity index is 2.28. The molecule has 0 spiro atoms. The SMILES string of the molecule is CC(C)(CNC1CCCCC1)C(N)=O. The predicted octanol–water partition coefficient (Wildman–Crippen LogP) is 1.42. The van der Waals surface area contributed by atoms with Gasteiger partial charge in [-0.25, -0.2) is 0 Å². The lowest BCUT2D eigenvalue weighted by Crippen LogP contribution is -2.44.